The fourth-order valence-corrected chi connectivity index (χ4v) is 18.3. The Morgan fingerprint density at radius 3 is 1.76 bits per heavy atom. The molecule has 5 aliphatic carbocycles. The minimum atomic E-state index is -1.93. The van der Waals surface area contributed by atoms with E-state index in [2.05, 4.69) is 33.4 Å². The lowest BCUT2D eigenvalue weighted by Gasteiger charge is -2.71. The summed E-state index contributed by atoms with van der Waals surface area (Å²) in [5.74, 6) is -1.20. The van der Waals surface area contributed by atoms with Crippen LogP contribution in [-0.4, -0.2) is 304 Å². The highest BCUT2D eigenvalue weighted by molar-refractivity contribution is 5.79. The maximum Gasteiger partial charge on any atom is 0.315 e. The number of esters is 1. The molecular weight excluding hydrogens is 1240 g/mol. The van der Waals surface area contributed by atoms with Crippen molar-refractivity contribution in [3.05, 3.63) is 23.8 Å². The van der Waals surface area contributed by atoms with Gasteiger partial charge in [0.2, 0.25) is 6.29 Å². The molecule has 0 aromatic rings. The molecular formula is C63H100O30. The topological polar surface area (TPSA) is 472 Å². The third-order valence-electron chi connectivity index (χ3n) is 24.3. The molecule has 6 aliphatic heterocycles. The van der Waals surface area contributed by atoms with Gasteiger partial charge in [0.05, 0.1) is 56.8 Å². The summed E-state index contributed by atoms with van der Waals surface area (Å²) in [6.45, 7) is 13.5. The molecule has 0 bridgehead atoms. The second-order valence-corrected chi connectivity index (χ2v) is 29.4. The van der Waals surface area contributed by atoms with E-state index >= 15 is 4.79 Å². The predicted molar refractivity (Wildman–Crippen MR) is 310 cm³/mol. The van der Waals surface area contributed by atoms with Crippen molar-refractivity contribution in [3.63, 3.8) is 0 Å². The lowest BCUT2D eigenvalue weighted by molar-refractivity contribution is -0.384. The van der Waals surface area contributed by atoms with Crippen molar-refractivity contribution in [3.8, 4) is 0 Å². The second-order valence-electron chi connectivity index (χ2n) is 29.4. The van der Waals surface area contributed by atoms with Crippen LogP contribution < -0.4 is 0 Å². The number of aliphatic hydroxyl groups is 17. The molecule has 0 amide bonds. The molecule has 11 rings (SSSR count). The lowest BCUT2D eigenvalue weighted by Crippen LogP contribution is -2.67. The zero-order valence-electron chi connectivity index (χ0n) is 53.3. The summed E-state index contributed by atoms with van der Waals surface area (Å²) in [5, 5.41) is 185. The Kier molecular flexibility index (Phi) is 21.2. The van der Waals surface area contributed by atoms with E-state index in [0.717, 1.165) is 11.1 Å². The molecule has 30 nitrogen and oxygen atoms in total. The number of rotatable bonds is 15. The van der Waals surface area contributed by atoms with Gasteiger partial charge in [0, 0.05) is 11.3 Å². The van der Waals surface area contributed by atoms with Crippen LogP contribution in [0.4, 0.5) is 0 Å². The number of fused-ring (bicyclic) bond motifs is 7. The maximum absolute atomic E-state index is 15.2. The number of ether oxygens (including phenoxy) is 12. The predicted octanol–water partition coefficient (Wildman–Crippen LogP) is -4.55. The van der Waals surface area contributed by atoms with Gasteiger partial charge in [-0.2, -0.15) is 0 Å². The highest BCUT2D eigenvalue weighted by Crippen LogP contribution is 2.76. The monoisotopic (exact) mass is 1340 g/mol. The Hall–Kier alpha value is -2.17. The number of hydrogen-bond donors (Lipinski definition) is 17. The maximum atomic E-state index is 15.2. The van der Waals surface area contributed by atoms with Crippen molar-refractivity contribution in [2.24, 2.45) is 44.8 Å². The minimum absolute atomic E-state index is 0.0421. The Morgan fingerprint density at radius 1 is 0.548 bits per heavy atom. The lowest BCUT2D eigenvalue weighted by atomic mass is 9.34. The zero-order chi connectivity index (χ0) is 67.5. The third kappa shape index (κ3) is 12.4. The molecule has 11 aliphatic rings. The van der Waals surface area contributed by atoms with Gasteiger partial charge < -0.3 is 144 Å². The summed E-state index contributed by atoms with van der Waals surface area (Å²) in [6.07, 6.45) is -38.4. The highest BCUT2D eigenvalue weighted by Gasteiger charge is 2.71. The van der Waals surface area contributed by atoms with Gasteiger partial charge in [-0.15, -0.1) is 0 Å². The summed E-state index contributed by atoms with van der Waals surface area (Å²) in [5.41, 5.74) is -1.32. The van der Waals surface area contributed by atoms with Crippen molar-refractivity contribution in [1.82, 2.24) is 0 Å². The molecule has 0 aromatic heterocycles. The smallest absolute Gasteiger partial charge is 0.315 e. The van der Waals surface area contributed by atoms with Crippen LogP contribution in [0.2, 0.25) is 0 Å². The van der Waals surface area contributed by atoms with E-state index in [0.29, 0.717) is 64.2 Å². The van der Waals surface area contributed by atoms with Crippen molar-refractivity contribution in [2.75, 3.05) is 33.0 Å². The molecule has 37 atom stereocenters. The van der Waals surface area contributed by atoms with Crippen LogP contribution in [0.25, 0.3) is 0 Å². The number of carbonyl (C=O) groups excluding carboxylic acids is 1. The SMILES string of the molecule is C=C1CC[C@]2(C(=O)O[C@@H]3O[C@H](CO[C@@H]4O[C@H](CO)[C@@H](O[C@@H]5O[C@@H](C)[C@H](O)[C@@H](O)[C@H]5O)[C@H](O)[C@H]4O)[C@@H](O)[C@H](O)[C@H]3O)CC[C@]3(C)C(=CC[C@@H]4[C@@]5(C)CC[C@H](O[C@@H]6OC[C@H](O)[C@H](O[C@@H]7OC[C@@H](O)[C@H](O)[C@H]7O)[C@H]6O[C@@H]6O[C@@H](C)[C@H](O)[C@@H](O)[C@H]6O)[C@@](C)(CO)[C@@H]5CC[C@]43C)[C@@H]2C1. The molecule has 6 saturated heterocycles. The molecule has 10 fully saturated rings. The normalized spacial score (nSPS) is 55.2. The van der Waals surface area contributed by atoms with Crippen LogP contribution >= 0.6 is 0 Å². The van der Waals surface area contributed by atoms with E-state index in [1.54, 1.807) is 0 Å². The molecule has 0 unspecified atom stereocenters. The Balaban J connectivity index is 0.786. The first-order valence-corrected chi connectivity index (χ1v) is 32.9. The fraction of sp³-hybridized carbons (Fsp3) is 0.921. The second kappa shape index (κ2) is 27.4. The van der Waals surface area contributed by atoms with E-state index in [-0.39, 0.29) is 23.9 Å². The number of hydrogen-bond acceptors (Lipinski definition) is 30. The van der Waals surface area contributed by atoms with Gasteiger partial charge in [0.25, 0.3) is 0 Å². The first-order chi connectivity index (χ1) is 43.8. The Bertz CT molecular complexity index is 2640. The number of carbonyl (C=O) groups is 1. The van der Waals surface area contributed by atoms with E-state index in [1.165, 1.54) is 13.8 Å². The van der Waals surface area contributed by atoms with Crippen molar-refractivity contribution < 1.29 is 148 Å². The van der Waals surface area contributed by atoms with Crippen molar-refractivity contribution >= 4 is 5.97 Å². The van der Waals surface area contributed by atoms with E-state index < -0.39 is 238 Å². The quantitative estimate of drug-likeness (QED) is 0.0417. The Morgan fingerprint density at radius 2 is 1.12 bits per heavy atom. The van der Waals surface area contributed by atoms with Gasteiger partial charge >= 0.3 is 5.97 Å². The van der Waals surface area contributed by atoms with Gasteiger partial charge in [0.1, 0.15) is 122 Å². The minimum Gasteiger partial charge on any atom is -0.432 e. The highest BCUT2D eigenvalue weighted by atomic mass is 16.8. The van der Waals surface area contributed by atoms with Crippen LogP contribution in [0.3, 0.4) is 0 Å². The van der Waals surface area contributed by atoms with Gasteiger partial charge in [-0.25, -0.2) is 0 Å². The fourth-order valence-electron chi connectivity index (χ4n) is 18.3. The van der Waals surface area contributed by atoms with Crippen LogP contribution in [-0.2, 0) is 61.6 Å². The first-order valence-electron chi connectivity index (χ1n) is 32.9. The van der Waals surface area contributed by atoms with Crippen LogP contribution in [0, 0.1) is 44.8 Å². The molecule has 0 radical (unpaired) electrons. The van der Waals surface area contributed by atoms with Crippen LogP contribution in [0.5, 0.6) is 0 Å². The zero-order valence-corrected chi connectivity index (χ0v) is 53.3. The van der Waals surface area contributed by atoms with Gasteiger partial charge in [-0.05, 0) is 106 Å². The van der Waals surface area contributed by atoms with Crippen molar-refractivity contribution in [1.29, 1.82) is 0 Å². The molecule has 0 aromatic carbocycles. The number of allylic oxidation sites excluding steroid dienone is 3. The Labute approximate surface area is 538 Å². The number of aliphatic hydroxyl groups excluding tert-OH is 17. The van der Waals surface area contributed by atoms with Gasteiger partial charge in [0.15, 0.2) is 31.5 Å². The molecule has 30 heteroatoms. The molecule has 4 saturated carbocycles. The molecule has 532 valence electrons. The summed E-state index contributed by atoms with van der Waals surface area (Å²) < 4.78 is 71.9. The average Bonchev–Trinajstić information content (AvgIpc) is 0.677. The summed E-state index contributed by atoms with van der Waals surface area (Å²) >= 11 is 0. The summed E-state index contributed by atoms with van der Waals surface area (Å²) in [7, 11) is 0. The van der Waals surface area contributed by atoms with E-state index in [4.69, 9.17) is 56.8 Å². The van der Waals surface area contributed by atoms with Gasteiger partial charge in [-0.3, -0.25) is 4.79 Å². The summed E-state index contributed by atoms with van der Waals surface area (Å²) in [4.78, 5) is 15.2. The summed E-state index contributed by atoms with van der Waals surface area (Å²) in [6, 6.07) is 0. The standard InChI is InChI=1S/C63H100O30/c1-24-10-15-63(58(81)93-56-47(79)42(74)39(71)32(88-56)22-84-52-48(80)43(75)50(31(19-64)87-52)91-54-45(77)40(72)36(68)25(2)85-54)17-16-61(6)27(28(63)18-24)8-9-34-59(4)13-12-35(60(5,23-65)33(59)11-14-62(34,61)7)89-57-51(92-55-46(78)41(73)37(69)26(3)86-55)49(30(67)21-83-57)90-53-44(76)38(70)29(66)20-82-53/h8,25-26,28-57,64-80H,1,9-23H2,2-7H3/t25-,26-,28-,29+,30-,31+,32+,33+,34+,35-,36-,37-,38-,39+,40+,41+,42-,43+,44+,45+,46+,47+,48+,49-,50+,51+,52+,53-,54-,55-,56-,57-,59-,60-,61+,62+,63-/m0/s1. The molecule has 17 N–H and O–H groups in total. The van der Waals surface area contributed by atoms with E-state index in [1.807, 2.05) is 6.92 Å². The molecule has 0 spiro atoms. The largest absolute Gasteiger partial charge is 0.432 e. The molecule has 6 heterocycles. The van der Waals surface area contributed by atoms with Crippen molar-refractivity contribution in [2.45, 2.75) is 284 Å². The van der Waals surface area contributed by atoms with E-state index in [9.17, 15) is 86.8 Å². The van der Waals surface area contributed by atoms with Crippen LogP contribution in [0.1, 0.15) is 106 Å². The third-order valence-corrected chi connectivity index (χ3v) is 24.3. The molecule has 93 heavy (non-hydrogen) atoms. The van der Waals surface area contributed by atoms with Gasteiger partial charge in [-0.1, -0.05) is 51.5 Å². The average molecular weight is 1340 g/mol. The first kappa shape index (κ1) is 72.1. The van der Waals surface area contributed by atoms with Crippen LogP contribution in [0.15, 0.2) is 23.8 Å².